The van der Waals surface area contributed by atoms with Crippen molar-refractivity contribution in [2.75, 3.05) is 13.1 Å². The molecule has 0 aliphatic heterocycles. The second-order valence-corrected chi connectivity index (χ2v) is 5.82. The molecule has 0 bridgehead atoms. The van der Waals surface area contributed by atoms with Crippen molar-refractivity contribution in [3.63, 3.8) is 0 Å². The number of hydrogen-bond acceptors (Lipinski definition) is 2. The Morgan fingerprint density at radius 1 is 1.29 bits per heavy atom. The van der Waals surface area contributed by atoms with E-state index in [1.165, 1.54) is 10.9 Å². The first-order valence-electron chi connectivity index (χ1n) is 7.65. The molecule has 0 radical (unpaired) electrons. The number of nitrogens with zero attached hydrogens (tertiary/aromatic N) is 1. The maximum atomic E-state index is 11.7. The van der Waals surface area contributed by atoms with Crippen LogP contribution in [0.15, 0.2) is 30.5 Å². The minimum absolute atomic E-state index is 0.0534. The van der Waals surface area contributed by atoms with Crippen LogP contribution in [0, 0.1) is 5.92 Å². The number of fused-ring (bicyclic) bond motifs is 1. The molecule has 0 atom stereocenters. The predicted molar refractivity (Wildman–Crippen MR) is 87.2 cm³/mol. The lowest BCUT2D eigenvalue weighted by molar-refractivity contribution is -0.121. The molecule has 114 valence electrons. The molecule has 1 heterocycles. The number of amides is 1. The smallest absolute Gasteiger partial charge is 0.239 e. The van der Waals surface area contributed by atoms with Gasteiger partial charge in [-0.1, -0.05) is 19.9 Å². The minimum atomic E-state index is 0.0534. The fourth-order valence-corrected chi connectivity index (χ4v) is 2.41. The highest BCUT2D eigenvalue weighted by atomic mass is 16.1. The first kappa shape index (κ1) is 15.6. The zero-order valence-electron chi connectivity index (χ0n) is 13.1. The van der Waals surface area contributed by atoms with Gasteiger partial charge in [-0.15, -0.1) is 0 Å². The van der Waals surface area contributed by atoms with E-state index in [4.69, 9.17) is 0 Å². The van der Waals surface area contributed by atoms with Crippen LogP contribution in [0.3, 0.4) is 0 Å². The molecule has 4 nitrogen and oxygen atoms in total. The summed E-state index contributed by atoms with van der Waals surface area (Å²) < 4.78 is 1.99. The van der Waals surface area contributed by atoms with Gasteiger partial charge >= 0.3 is 0 Å². The van der Waals surface area contributed by atoms with E-state index >= 15 is 0 Å². The van der Waals surface area contributed by atoms with Crippen LogP contribution in [0.2, 0.25) is 0 Å². The van der Waals surface area contributed by atoms with E-state index in [1.807, 2.05) is 17.7 Å². The monoisotopic (exact) mass is 287 g/mol. The van der Waals surface area contributed by atoms with Gasteiger partial charge in [-0.05, 0) is 48.5 Å². The molecule has 4 heteroatoms. The number of carbonyl (C=O) groups is 1. The Morgan fingerprint density at radius 3 is 2.81 bits per heavy atom. The van der Waals surface area contributed by atoms with Gasteiger partial charge in [0.05, 0.1) is 0 Å². The molecule has 0 aliphatic rings. The quantitative estimate of drug-likeness (QED) is 0.822. The SMILES string of the molecule is CCNC(=O)Cn1ccc2cc(CNCC(C)C)ccc21. The van der Waals surface area contributed by atoms with Gasteiger partial charge in [-0.2, -0.15) is 0 Å². The zero-order valence-corrected chi connectivity index (χ0v) is 13.1. The first-order chi connectivity index (χ1) is 10.1. The number of aromatic nitrogens is 1. The van der Waals surface area contributed by atoms with Gasteiger partial charge < -0.3 is 15.2 Å². The van der Waals surface area contributed by atoms with Crippen LogP contribution in [-0.2, 0) is 17.9 Å². The molecule has 1 amide bonds. The summed E-state index contributed by atoms with van der Waals surface area (Å²) in [6.45, 7) is 9.30. The molecule has 1 aromatic carbocycles. The highest BCUT2D eigenvalue weighted by Gasteiger charge is 2.06. The topological polar surface area (TPSA) is 46.1 Å². The number of likely N-dealkylation sites (N-methyl/N-ethyl adjacent to an activating group) is 1. The lowest BCUT2D eigenvalue weighted by Crippen LogP contribution is -2.26. The number of hydrogen-bond donors (Lipinski definition) is 2. The maximum absolute atomic E-state index is 11.7. The Bertz CT molecular complexity index is 601. The number of benzene rings is 1. The second kappa shape index (κ2) is 7.27. The van der Waals surface area contributed by atoms with E-state index in [0.29, 0.717) is 19.0 Å². The summed E-state index contributed by atoms with van der Waals surface area (Å²) in [6, 6.07) is 8.49. The summed E-state index contributed by atoms with van der Waals surface area (Å²) in [5.74, 6) is 0.713. The van der Waals surface area contributed by atoms with Crippen molar-refractivity contribution in [1.82, 2.24) is 15.2 Å². The van der Waals surface area contributed by atoms with Crippen LogP contribution in [0.25, 0.3) is 10.9 Å². The van der Waals surface area contributed by atoms with Crippen molar-refractivity contribution in [2.45, 2.75) is 33.9 Å². The zero-order chi connectivity index (χ0) is 15.2. The molecular formula is C17H25N3O. The van der Waals surface area contributed by atoms with Gasteiger partial charge in [0.15, 0.2) is 0 Å². The molecular weight excluding hydrogens is 262 g/mol. The average Bonchev–Trinajstić information content (AvgIpc) is 2.81. The third-order valence-electron chi connectivity index (χ3n) is 3.41. The molecule has 0 saturated carbocycles. The van der Waals surface area contributed by atoms with Crippen molar-refractivity contribution in [3.05, 3.63) is 36.0 Å². The summed E-state index contributed by atoms with van der Waals surface area (Å²) in [4.78, 5) is 11.7. The van der Waals surface area contributed by atoms with Gasteiger partial charge in [0.25, 0.3) is 0 Å². The Labute approximate surface area is 126 Å². The summed E-state index contributed by atoms with van der Waals surface area (Å²) >= 11 is 0. The van der Waals surface area contributed by atoms with E-state index in [0.717, 1.165) is 18.6 Å². The van der Waals surface area contributed by atoms with Gasteiger partial charge in [0.1, 0.15) is 6.54 Å². The predicted octanol–water partition coefficient (Wildman–Crippen LogP) is 2.52. The molecule has 2 rings (SSSR count). The highest BCUT2D eigenvalue weighted by molar-refractivity contribution is 5.83. The lowest BCUT2D eigenvalue weighted by atomic mass is 10.1. The van der Waals surface area contributed by atoms with Gasteiger partial charge in [-0.3, -0.25) is 4.79 Å². The van der Waals surface area contributed by atoms with Crippen molar-refractivity contribution in [3.8, 4) is 0 Å². The molecule has 21 heavy (non-hydrogen) atoms. The van der Waals surface area contributed by atoms with Crippen LogP contribution >= 0.6 is 0 Å². The Balaban J connectivity index is 2.06. The van der Waals surface area contributed by atoms with Crippen molar-refractivity contribution < 1.29 is 4.79 Å². The summed E-state index contributed by atoms with van der Waals surface area (Å²) in [6.07, 6.45) is 1.98. The molecule has 0 saturated heterocycles. The van der Waals surface area contributed by atoms with E-state index in [2.05, 4.69) is 48.7 Å². The first-order valence-corrected chi connectivity index (χ1v) is 7.65. The minimum Gasteiger partial charge on any atom is -0.355 e. The van der Waals surface area contributed by atoms with Crippen molar-refractivity contribution in [2.24, 2.45) is 5.92 Å². The second-order valence-electron chi connectivity index (χ2n) is 5.82. The van der Waals surface area contributed by atoms with Gasteiger partial charge in [0, 0.05) is 24.8 Å². The Kier molecular flexibility index (Phi) is 5.39. The van der Waals surface area contributed by atoms with Gasteiger partial charge in [-0.25, -0.2) is 0 Å². The fraction of sp³-hybridized carbons (Fsp3) is 0.471. The Hall–Kier alpha value is -1.81. The van der Waals surface area contributed by atoms with Gasteiger partial charge in [0.2, 0.25) is 5.91 Å². The average molecular weight is 287 g/mol. The van der Waals surface area contributed by atoms with E-state index in [9.17, 15) is 4.79 Å². The van der Waals surface area contributed by atoms with Crippen LogP contribution < -0.4 is 10.6 Å². The van der Waals surface area contributed by atoms with E-state index in [1.54, 1.807) is 0 Å². The summed E-state index contributed by atoms with van der Waals surface area (Å²) in [5, 5.41) is 7.46. The van der Waals surface area contributed by atoms with Crippen LogP contribution in [-0.4, -0.2) is 23.6 Å². The standard InChI is InChI=1S/C17H25N3O/c1-4-19-17(21)12-20-8-7-15-9-14(5-6-16(15)20)11-18-10-13(2)3/h5-9,13,18H,4,10-12H2,1-3H3,(H,19,21). The number of rotatable bonds is 7. The molecule has 0 unspecified atom stereocenters. The number of nitrogens with one attached hydrogen (secondary N) is 2. The molecule has 0 fully saturated rings. The molecule has 1 aromatic heterocycles. The highest BCUT2D eigenvalue weighted by Crippen LogP contribution is 2.17. The third kappa shape index (κ3) is 4.33. The lowest BCUT2D eigenvalue weighted by Gasteiger charge is -2.09. The van der Waals surface area contributed by atoms with Crippen LogP contribution in [0.5, 0.6) is 0 Å². The number of carbonyl (C=O) groups excluding carboxylic acids is 1. The fourth-order valence-electron chi connectivity index (χ4n) is 2.41. The largest absolute Gasteiger partial charge is 0.355 e. The third-order valence-corrected chi connectivity index (χ3v) is 3.41. The van der Waals surface area contributed by atoms with Crippen molar-refractivity contribution >= 4 is 16.8 Å². The molecule has 2 aromatic rings. The maximum Gasteiger partial charge on any atom is 0.239 e. The van der Waals surface area contributed by atoms with Crippen LogP contribution in [0.4, 0.5) is 0 Å². The normalized spacial score (nSPS) is 11.2. The molecule has 2 N–H and O–H groups in total. The van der Waals surface area contributed by atoms with E-state index < -0.39 is 0 Å². The summed E-state index contributed by atoms with van der Waals surface area (Å²) in [7, 11) is 0. The van der Waals surface area contributed by atoms with E-state index in [-0.39, 0.29) is 5.91 Å². The Morgan fingerprint density at radius 2 is 2.10 bits per heavy atom. The molecule has 0 aliphatic carbocycles. The molecule has 0 spiro atoms. The van der Waals surface area contributed by atoms with Crippen molar-refractivity contribution in [1.29, 1.82) is 0 Å². The summed E-state index contributed by atoms with van der Waals surface area (Å²) in [5.41, 5.74) is 2.38. The van der Waals surface area contributed by atoms with Crippen LogP contribution in [0.1, 0.15) is 26.3 Å².